The number of ketones is 1. The molecule has 0 bridgehead atoms. The Labute approximate surface area is 167 Å². The molecule has 146 valence electrons. The third kappa shape index (κ3) is 3.18. The number of nitrogens with zero attached hydrogens (tertiary/aromatic N) is 4. The van der Waals surface area contributed by atoms with E-state index in [2.05, 4.69) is 19.5 Å². The summed E-state index contributed by atoms with van der Waals surface area (Å²) in [5.74, 6) is 1.55. The van der Waals surface area contributed by atoms with Crippen LogP contribution in [0.1, 0.15) is 29.0 Å². The predicted molar refractivity (Wildman–Crippen MR) is 110 cm³/mol. The molecule has 1 atom stereocenters. The minimum Gasteiger partial charge on any atom is -0.335 e. The van der Waals surface area contributed by atoms with Gasteiger partial charge in [-0.05, 0) is 30.0 Å². The van der Waals surface area contributed by atoms with Crippen molar-refractivity contribution in [2.45, 2.75) is 25.8 Å². The molecule has 1 aliphatic heterocycles. The molecule has 7 nitrogen and oxygen atoms in total. The summed E-state index contributed by atoms with van der Waals surface area (Å²) in [6.45, 7) is 0.925. The average Bonchev–Trinajstić information content (AvgIpc) is 3.32. The zero-order valence-electron chi connectivity index (χ0n) is 16.1. The number of nitrogens with one attached hydrogen (secondary N) is 1. The number of Topliss-reactive ketones (excluding diaryl/α,β-unsaturated/α-hetero) is 1. The molecular formula is C22H21N5O2. The Morgan fingerprint density at radius 3 is 3.03 bits per heavy atom. The molecule has 0 aliphatic carbocycles. The minimum atomic E-state index is -0.193. The van der Waals surface area contributed by atoms with Gasteiger partial charge in [0.15, 0.2) is 11.4 Å². The third-order valence-corrected chi connectivity index (χ3v) is 5.80. The van der Waals surface area contributed by atoms with Crippen molar-refractivity contribution in [2.75, 3.05) is 0 Å². The molecule has 1 N–H and O–H groups in total. The van der Waals surface area contributed by atoms with Gasteiger partial charge in [0.05, 0.1) is 5.52 Å². The van der Waals surface area contributed by atoms with Crippen LogP contribution in [0.4, 0.5) is 0 Å². The zero-order valence-corrected chi connectivity index (χ0v) is 16.1. The monoisotopic (exact) mass is 387 g/mol. The van der Waals surface area contributed by atoms with Gasteiger partial charge < -0.3 is 4.57 Å². The number of imidazole rings is 2. The second-order valence-electron chi connectivity index (χ2n) is 7.68. The molecule has 0 fully saturated rings. The number of hydrogen-bond donors (Lipinski definition) is 1. The topological polar surface area (TPSA) is 85.6 Å². The normalized spacial score (nSPS) is 16.1. The fourth-order valence-corrected chi connectivity index (χ4v) is 4.10. The van der Waals surface area contributed by atoms with E-state index < -0.39 is 0 Å². The zero-order chi connectivity index (χ0) is 20.0. The summed E-state index contributed by atoms with van der Waals surface area (Å²) in [7, 11) is 1.71. The Morgan fingerprint density at radius 2 is 2.14 bits per heavy atom. The van der Waals surface area contributed by atoms with Crippen LogP contribution in [0.25, 0.3) is 22.3 Å². The lowest BCUT2D eigenvalue weighted by Crippen LogP contribution is -2.21. The first-order chi connectivity index (χ1) is 14.1. The standard InChI is InChI=1S/C22H21N5O2/c1-26-18-12-17(13-24-21(18)25-22(26)29)15-3-2-4-16(11-15)19(28)9-14-5-7-27-8-6-23-20(27)10-14/h2-4,6,8,11-14H,5,7,9-10H2,1H3,(H,24,25,29). The Morgan fingerprint density at radius 1 is 1.24 bits per heavy atom. The first-order valence-electron chi connectivity index (χ1n) is 9.77. The van der Waals surface area contributed by atoms with E-state index in [-0.39, 0.29) is 11.5 Å². The molecule has 0 saturated heterocycles. The molecule has 4 heterocycles. The molecule has 29 heavy (non-hydrogen) atoms. The molecule has 7 heteroatoms. The summed E-state index contributed by atoms with van der Waals surface area (Å²) in [5, 5.41) is 0. The van der Waals surface area contributed by atoms with Crippen molar-refractivity contribution in [3.63, 3.8) is 0 Å². The summed E-state index contributed by atoms with van der Waals surface area (Å²) >= 11 is 0. The van der Waals surface area contributed by atoms with E-state index in [1.54, 1.807) is 13.2 Å². The largest absolute Gasteiger partial charge is 0.335 e. The molecule has 5 rings (SSSR count). The van der Waals surface area contributed by atoms with Crippen LogP contribution in [-0.2, 0) is 20.0 Å². The van der Waals surface area contributed by atoms with Gasteiger partial charge in [-0.3, -0.25) is 14.3 Å². The maximum Gasteiger partial charge on any atom is 0.327 e. The van der Waals surface area contributed by atoms with E-state index in [1.807, 2.05) is 42.7 Å². The van der Waals surface area contributed by atoms with Crippen LogP contribution in [0.2, 0.25) is 0 Å². The lowest BCUT2D eigenvalue weighted by atomic mass is 9.90. The van der Waals surface area contributed by atoms with Crippen LogP contribution < -0.4 is 5.69 Å². The van der Waals surface area contributed by atoms with Gasteiger partial charge in [0.2, 0.25) is 0 Å². The first kappa shape index (κ1) is 17.6. The highest BCUT2D eigenvalue weighted by Crippen LogP contribution is 2.26. The van der Waals surface area contributed by atoms with Crippen LogP contribution >= 0.6 is 0 Å². The van der Waals surface area contributed by atoms with E-state index in [9.17, 15) is 9.59 Å². The van der Waals surface area contributed by atoms with Crippen molar-refractivity contribution < 1.29 is 4.79 Å². The van der Waals surface area contributed by atoms with Gasteiger partial charge in [0.25, 0.3) is 0 Å². The van der Waals surface area contributed by atoms with Gasteiger partial charge >= 0.3 is 5.69 Å². The van der Waals surface area contributed by atoms with E-state index in [0.717, 1.165) is 41.9 Å². The van der Waals surface area contributed by atoms with Crippen molar-refractivity contribution in [3.8, 4) is 11.1 Å². The van der Waals surface area contributed by atoms with Crippen molar-refractivity contribution in [3.05, 3.63) is 70.8 Å². The van der Waals surface area contributed by atoms with Gasteiger partial charge in [-0.2, -0.15) is 0 Å². The molecule has 0 saturated carbocycles. The summed E-state index contributed by atoms with van der Waals surface area (Å²) in [6.07, 6.45) is 7.93. The number of benzene rings is 1. The fourth-order valence-electron chi connectivity index (χ4n) is 4.10. The van der Waals surface area contributed by atoms with Crippen molar-refractivity contribution in [2.24, 2.45) is 13.0 Å². The van der Waals surface area contributed by atoms with Crippen LogP contribution in [0.15, 0.2) is 53.7 Å². The molecule has 1 aromatic carbocycles. The Balaban J connectivity index is 1.39. The highest BCUT2D eigenvalue weighted by atomic mass is 16.1. The molecule has 1 aliphatic rings. The highest BCUT2D eigenvalue weighted by molar-refractivity contribution is 5.97. The lowest BCUT2D eigenvalue weighted by Gasteiger charge is -2.22. The Hall–Kier alpha value is -3.48. The molecule has 0 spiro atoms. The Bertz CT molecular complexity index is 1280. The fraction of sp³-hybridized carbons (Fsp3) is 0.273. The van der Waals surface area contributed by atoms with Crippen LogP contribution in [-0.4, -0.2) is 29.9 Å². The molecule has 1 unspecified atom stereocenters. The van der Waals surface area contributed by atoms with Crippen LogP contribution in [0.5, 0.6) is 0 Å². The number of rotatable bonds is 4. The number of hydrogen-bond acceptors (Lipinski definition) is 4. The molecule has 0 radical (unpaired) electrons. The number of H-pyrrole nitrogens is 1. The van der Waals surface area contributed by atoms with E-state index >= 15 is 0 Å². The first-order valence-corrected chi connectivity index (χ1v) is 9.77. The summed E-state index contributed by atoms with van der Waals surface area (Å²) in [4.78, 5) is 36.2. The second kappa shape index (κ2) is 6.84. The quantitative estimate of drug-likeness (QED) is 0.546. The second-order valence-corrected chi connectivity index (χ2v) is 7.68. The van der Waals surface area contributed by atoms with Crippen molar-refractivity contribution in [1.82, 2.24) is 24.1 Å². The van der Waals surface area contributed by atoms with Gasteiger partial charge in [-0.1, -0.05) is 18.2 Å². The van der Waals surface area contributed by atoms with Crippen molar-refractivity contribution >= 4 is 16.9 Å². The van der Waals surface area contributed by atoms with Crippen molar-refractivity contribution in [1.29, 1.82) is 0 Å². The van der Waals surface area contributed by atoms with Gasteiger partial charge in [-0.25, -0.2) is 14.8 Å². The highest BCUT2D eigenvalue weighted by Gasteiger charge is 2.22. The predicted octanol–water partition coefficient (Wildman–Crippen LogP) is 2.96. The molecule has 4 aromatic rings. The molecule has 3 aromatic heterocycles. The number of fused-ring (bicyclic) bond motifs is 2. The smallest absolute Gasteiger partial charge is 0.327 e. The lowest BCUT2D eigenvalue weighted by molar-refractivity contribution is 0.0953. The number of aryl methyl sites for hydroxylation is 2. The van der Waals surface area contributed by atoms with Gasteiger partial charge in [-0.15, -0.1) is 0 Å². The van der Waals surface area contributed by atoms with Crippen LogP contribution in [0, 0.1) is 5.92 Å². The minimum absolute atomic E-state index is 0.153. The van der Waals surface area contributed by atoms with Crippen LogP contribution in [0.3, 0.4) is 0 Å². The van der Waals surface area contributed by atoms with E-state index in [0.29, 0.717) is 23.5 Å². The summed E-state index contributed by atoms with van der Waals surface area (Å²) in [5.41, 5.74) is 3.60. The average molecular weight is 387 g/mol. The summed E-state index contributed by atoms with van der Waals surface area (Å²) < 4.78 is 3.70. The maximum absolute atomic E-state index is 12.9. The third-order valence-electron chi connectivity index (χ3n) is 5.80. The maximum atomic E-state index is 12.9. The van der Waals surface area contributed by atoms with E-state index in [1.165, 1.54) is 4.57 Å². The molecular weight excluding hydrogens is 366 g/mol. The number of aromatic amines is 1. The van der Waals surface area contributed by atoms with Gasteiger partial charge in [0.1, 0.15) is 5.82 Å². The summed E-state index contributed by atoms with van der Waals surface area (Å²) in [6, 6.07) is 9.57. The molecule has 0 amide bonds. The van der Waals surface area contributed by atoms with E-state index in [4.69, 9.17) is 0 Å². The Kier molecular flexibility index (Phi) is 4.16. The SMILES string of the molecule is Cn1c(=O)[nH]c2ncc(-c3cccc(C(=O)CC4CCn5ccnc5C4)c3)cc21. The number of carbonyl (C=O) groups excluding carboxylic acids is 1. The number of carbonyl (C=O) groups is 1. The number of pyridine rings is 1. The van der Waals surface area contributed by atoms with Gasteiger partial charge in [0, 0.05) is 56.2 Å². The number of aromatic nitrogens is 5.